The van der Waals surface area contributed by atoms with Crippen molar-refractivity contribution < 1.29 is 14.5 Å². The largest absolute Gasteiger partial charge is 0.333 e. The van der Waals surface area contributed by atoms with Crippen molar-refractivity contribution in [2.24, 2.45) is 21.0 Å². The van der Waals surface area contributed by atoms with Crippen LogP contribution in [0.4, 0.5) is 10.1 Å². The van der Waals surface area contributed by atoms with Crippen molar-refractivity contribution in [3.05, 3.63) is 29.0 Å². The van der Waals surface area contributed by atoms with Gasteiger partial charge in [0.05, 0.1) is 10.7 Å². The molecule has 0 bridgehead atoms. The number of hydrogen-bond acceptors (Lipinski definition) is 9. The van der Waals surface area contributed by atoms with Gasteiger partial charge in [0.1, 0.15) is 11.5 Å². The molecule has 0 unspecified atom stereocenters. The maximum Gasteiger partial charge on any atom is 0.176 e. The number of benzene rings is 1. The zero-order chi connectivity index (χ0) is 20.5. The fourth-order valence-electron chi connectivity index (χ4n) is 1.65. The molecule has 9 nitrogen and oxygen atoms in total. The summed E-state index contributed by atoms with van der Waals surface area (Å²) in [4.78, 5) is 8.72. The van der Waals surface area contributed by atoms with Gasteiger partial charge in [-0.05, 0) is 45.3 Å². The molecule has 0 aliphatic heterocycles. The summed E-state index contributed by atoms with van der Waals surface area (Å²) >= 11 is 7.33. The van der Waals surface area contributed by atoms with Gasteiger partial charge < -0.3 is 11.1 Å². The fourth-order valence-corrected chi connectivity index (χ4v) is 2.32. The lowest BCUT2D eigenvalue weighted by Crippen LogP contribution is -2.36. The lowest BCUT2D eigenvalue weighted by atomic mass is 10.3. The van der Waals surface area contributed by atoms with Crippen LogP contribution >= 0.6 is 23.5 Å². The number of nitrogens with one attached hydrogen (secondary N) is 3. The number of hydroxylamine groups is 1. The molecule has 27 heavy (non-hydrogen) atoms. The highest BCUT2D eigenvalue weighted by Gasteiger charge is 2.11. The zero-order valence-corrected chi connectivity index (χ0v) is 16.8. The third kappa shape index (κ3) is 10.9. The average molecular weight is 422 g/mol. The Balaban J connectivity index is 0.00000326. The Morgan fingerprint density at radius 3 is 2.78 bits per heavy atom. The standard InChI is InChI=1S/C14H20ClFN6O2S.CH5N/c1-17-24-22-13(9-19-6-3-7-25-18-2)14(21-23)20-10-4-5-12(16)11(15)8-10;1-2/h4-5,8,18-19,23H,1,3,6-7,9H2,2H3,(H,20,21);2H2,1H3/b22-13+;. The van der Waals surface area contributed by atoms with Crippen LogP contribution in [0.1, 0.15) is 6.42 Å². The van der Waals surface area contributed by atoms with E-state index in [-0.39, 0.29) is 23.1 Å². The zero-order valence-electron chi connectivity index (χ0n) is 15.2. The first-order chi connectivity index (χ1) is 13.1. The van der Waals surface area contributed by atoms with Gasteiger partial charge in [0.2, 0.25) is 0 Å². The summed E-state index contributed by atoms with van der Waals surface area (Å²) in [5.41, 5.74) is 7.01. The van der Waals surface area contributed by atoms with E-state index in [2.05, 4.69) is 42.7 Å². The lowest BCUT2D eigenvalue weighted by molar-refractivity contribution is 0.158. The topological polar surface area (TPSA) is 129 Å². The minimum atomic E-state index is -0.562. The van der Waals surface area contributed by atoms with Crippen LogP contribution < -0.4 is 21.3 Å². The number of aliphatic imine (C=N–C) groups is 1. The fraction of sp³-hybridized carbons (Fsp3) is 0.400. The first-order valence-corrected chi connectivity index (χ1v) is 9.19. The predicted octanol–water partition coefficient (Wildman–Crippen LogP) is 1.90. The molecule has 0 spiro atoms. The van der Waals surface area contributed by atoms with E-state index in [4.69, 9.17) is 11.6 Å². The minimum Gasteiger partial charge on any atom is -0.333 e. The van der Waals surface area contributed by atoms with E-state index in [1.165, 1.54) is 25.2 Å². The van der Waals surface area contributed by atoms with Crippen molar-refractivity contribution in [2.45, 2.75) is 6.42 Å². The van der Waals surface area contributed by atoms with E-state index in [9.17, 15) is 9.60 Å². The van der Waals surface area contributed by atoms with Gasteiger partial charge in [-0.2, -0.15) is 0 Å². The van der Waals surface area contributed by atoms with Crippen LogP contribution in [-0.2, 0) is 4.94 Å². The van der Waals surface area contributed by atoms with E-state index >= 15 is 0 Å². The van der Waals surface area contributed by atoms with Gasteiger partial charge in [0.15, 0.2) is 5.84 Å². The van der Waals surface area contributed by atoms with Crippen LogP contribution in [0, 0.1) is 5.82 Å². The van der Waals surface area contributed by atoms with E-state index in [0.29, 0.717) is 5.69 Å². The highest BCUT2D eigenvalue weighted by Crippen LogP contribution is 2.21. The summed E-state index contributed by atoms with van der Waals surface area (Å²) < 4.78 is 16.2. The van der Waals surface area contributed by atoms with Gasteiger partial charge >= 0.3 is 0 Å². The van der Waals surface area contributed by atoms with Crippen molar-refractivity contribution in [2.75, 3.05) is 32.9 Å². The molecule has 0 heterocycles. The number of nitrogens with two attached hydrogens (primary N) is 1. The molecule has 0 amide bonds. The van der Waals surface area contributed by atoms with Crippen molar-refractivity contribution in [3.8, 4) is 0 Å². The molecule has 6 N–H and O–H groups in total. The number of hydrogen-bond donors (Lipinski definition) is 5. The third-order valence-electron chi connectivity index (χ3n) is 2.77. The van der Waals surface area contributed by atoms with Gasteiger partial charge in [-0.15, -0.1) is 0 Å². The van der Waals surface area contributed by atoms with Gasteiger partial charge in [-0.3, -0.25) is 15.4 Å². The summed E-state index contributed by atoms with van der Waals surface area (Å²) in [5, 5.41) is 19.3. The number of oxime groups is 2. The Morgan fingerprint density at radius 1 is 1.44 bits per heavy atom. The second kappa shape index (κ2) is 16.4. The summed E-state index contributed by atoms with van der Waals surface area (Å²) in [6, 6.07) is 3.90. The SMILES string of the molecule is C=NO/N=C(\CNCCCSNC)C(=Nc1ccc(F)c(Cl)c1)NO.CN. The summed E-state index contributed by atoms with van der Waals surface area (Å²) in [6.45, 7) is 4.13. The van der Waals surface area contributed by atoms with E-state index < -0.39 is 5.82 Å². The molecular weight excluding hydrogens is 397 g/mol. The maximum atomic E-state index is 13.2. The Labute approximate surface area is 167 Å². The highest BCUT2D eigenvalue weighted by molar-refractivity contribution is 7.97. The smallest absolute Gasteiger partial charge is 0.176 e. The molecule has 0 aliphatic carbocycles. The number of amidine groups is 1. The average Bonchev–Trinajstić information content (AvgIpc) is 2.69. The molecule has 152 valence electrons. The van der Waals surface area contributed by atoms with Gasteiger partial charge in [0, 0.05) is 19.0 Å². The number of rotatable bonds is 11. The molecule has 0 saturated carbocycles. The predicted molar refractivity (Wildman–Crippen MR) is 111 cm³/mol. The van der Waals surface area contributed by atoms with Crippen LogP contribution in [0.15, 0.2) is 33.5 Å². The summed E-state index contributed by atoms with van der Waals surface area (Å²) in [7, 11) is 3.36. The van der Waals surface area contributed by atoms with Crippen LogP contribution in [-0.4, -0.2) is 56.4 Å². The molecule has 0 fully saturated rings. The molecule has 0 aromatic heterocycles. The Morgan fingerprint density at radius 2 is 2.19 bits per heavy atom. The van der Waals surface area contributed by atoms with Gasteiger partial charge in [-0.25, -0.2) is 14.3 Å². The van der Waals surface area contributed by atoms with Crippen molar-refractivity contribution in [1.82, 2.24) is 15.5 Å². The van der Waals surface area contributed by atoms with Crippen LogP contribution in [0.2, 0.25) is 5.02 Å². The lowest BCUT2D eigenvalue weighted by Gasteiger charge is -2.09. The highest BCUT2D eigenvalue weighted by atomic mass is 35.5. The first kappa shape index (κ1) is 25.2. The van der Waals surface area contributed by atoms with E-state index in [1.807, 2.05) is 12.5 Å². The van der Waals surface area contributed by atoms with E-state index in [1.54, 1.807) is 11.9 Å². The molecule has 0 atom stereocenters. The monoisotopic (exact) mass is 421 g/mol. The number of nitrogens with zero attached hydrogens (tertiary/aromatic N) is 3. The normalized spacial score (nSPS) is 11.5. The summed E-state index contributed by atoms with van der Waals surface area (Å²) in [6.07, 6.45) is 0.923. The summed E-state index contributed by atoms with van der Waals surface area (Å²) in [5.74, 6) is 0.380. The minimum absolute atomic E-state index is 0.00317. The number of halogens is 2. The molecular formula is C15H25ClFN7O2S. The quantitative estimate of drug-likeness (QED) is 0.121. The van der Waals surface area contributed by atoms with Crippen molar-refractivity contribution in [1.29, 1.82) is 0 Å². The Hall–Kier alpha value is -1.76. The molecule has 0 saturated heterocycles. The second-order valence-corrected chi connectivity index (χ2v) is 6.01. The maximum absolute atomic E-state index is 13.2. The molecule has 1 aromatic rings. The third-order valence-corrected chi connectivity index (χ3v) is 3.84. The Bertz CT molecular complexity index is 620. The van der Waals surface area contributed by atoms with Gasteiger partial charge in [-0.1, -0.05) is 33.9 Å². The molecule has 0 radical (unpaired) electrons. The van der Waals surface area contributed by atoms with Crippen LogP contribution in [0.25, 0.3) is 0 Å². The van der Waals surface area contributed by atoms with Crippen LogP contribution in [0.5, 0.6) is 0 Å². The molecule has 1 rings (SSSR count). The van der Waals surface area contributed by atoms with E-state index in [0.717, 1.165) is 18.7 Å². The van der Waals surface area contributed by atoms with Gasteiger partial charge in [0.25, 0.3) is 0 Å². The molecule has 12 heteroatoms. The first-order valence-electron chi connectivity index (χ1n) is 7.82. The second-order valence-electron chi connectivity index (χ2n) is 4.50. The van der Waals surface area contributed by atoms with Crippen LogP contribution in [0.3, 0.4) is 0 Å². The molecule has 1 aromatic carbocycles. The van der Waals surface area contributed by atoms with Crippen molar-refractivity contribution >= 4 is 47.5 Å². The van der Waals surface area contributed by atoms with Crippen molar-refractivity contribution in [3.63, 3.8) is 0 Å². The molecule has 0 aliphatic rings. The Kier molecular flexibility index (Phi) is 15.3.